The maximum Gasteiger partial charge on any atom is 0.112 e. The molecule has 0 aliphatic carbocycles. The van der Waals surface area contributed by atoms with Gasteiger partial charge in [0.2, 0.25) is 0 Å². The molecule has 1 fully saturated rings. The van der Waals surface area contributed by atoms with Crippen molar-refractivity contribution in [1.82, 2.24) is 5.43 Å². The summed E-state index contributed by atoms with van der Waals surface area (Å²) in [5.74, 6) is 5.51. The van der Waals surface area contributed by atoms with Crippen LogP contribution in [0.1, 0.15) is 65.7 Å². The third kappa shape index (κ3) is 9.31. The van der Waals surface area contributed by atoms with Crippen LogP contribution in [0.4, 0.5) is 0 Å². The first-order valence-electron chi connectivity index (χ1n) is 10.2. The molecule has 0 spiro atoms. The van der Waals surface area contributed by atoms with Gasteiger partial charge in [0.05, 0.1) is 18.8 Å². The number of ether oxygens (including phenoxy) is 4. The van der Waals surface area contributed by atoms with Crippen molar-refractivity contribution < 1.29 is 18.9 Å². The maximum absolute atomic E-state index is 6.21. The summed E-state index contributed by atoms with van der Waals surface area (Å²) in [4.78, 5) is 0. The van der Waals surface area contributed by atoms with Crippen molar-refractivity contribution in [3.8, 4) is 0 Å². The molecule has 0 saturated carbocycles. The van der Waals surface area contributed by atoms with Crippen LogP contribution in [0, 0.1) is 0 Å². The van der Waals surface area contributed by atoms with E-state index in [1.165, 1.54) is 0 Å². The fourth-order valence-electron chi connectivity index (χ4n) is 2.98. The predicted molar refractivity (Wildman–Crippen MR) is 100 cm³/mol. The van der Waals surface area contributed by atoms with Gasteiger partial charge in [0.15, 0.2) is 0 Å². The first-order chi connectivity index (χ1) is 12.3. The molecule has 1 aliphatic heterocycles. The molecule has 1 aliphatic rings. The summed E-state index contributed by atoms with van der Waals surface area (Å²) in [5, 5.41) is 0. The average molecular weight is 361 g/mol. The van der Waals surface area contributed by atoms with Crippen molar-refractivity contribution in [1.29, 1.82) is 0 Å². The summed E-state index contributed by atoms with van der Waals surface area (Å²) < 4.78 is 24.4. The third-order valence-electron chi connectivity index (χ3n) is 4.50. The Morgan fingerprint density at radius 2 is 1.60 bits per heavy atom. The molecule has 6 nitrogen and oxygen atoms in total. The van der Waals surface area contributed by atoms with E-state index in [1.54, 1.807) is 0 Å². The van der Waals surface area contributed by atoms with E-state index in [0.29, 0.717) is 13.2 Å². The molecule has 150 valence electrons. The largest absolute Gasteiger partial charge is 0.379 e. The fourth-order valence-corrected chi connectivity index (χ4v) is 2.98. The summed E-state index contributed by atoms with van der Waals surface area (Å²) in [6, 6.07) is 0. The number of nitrogens with two attached hydrogens (primary N) is 1. The van der Waals surface area contributed by atoms with Crippen LogP contribution in [-0.2, 0) is 18.9 Å². The average Bonchev–Trinajstić information content (AvgIpc) is 2.61. The standard InChI is InChI=1S/C19H40N2O4/c1-4-7-10-22-15-18-19(24-12-9-6-3)17(23-11-8-5-2)13-16(25-18)14-21-20/h16-19,21H,4-15,20H2,1-3H3/t16-,17?,18?,19+/m1/s1. The maximum atomic E-state index is 6.21. The number of hydrogen-bond acceptors (Lipinski definition) is 6. The lowest BCUT2D eigenvalue weighted by Gasteiger charge is -2.41. The van der Waals surface area contributed by atoms with E-state index in [0.717, 1.165) is 64.8 Å². The molecule has 3 N–H and O–H groups in total. The highest BCUT2D eigenvalue weighted by Gasteiger charge is 2.40. The van der Waals surface area contributed by atoms with E-state index >= 15 is 0 Å². The minimum Gasteiger partial charge on any atom is -0.379 e. The van der Waals surface area contributed by atoms with Crippen LogP contribution in [0.2, 0.25) is 0 Å². The lowest BCUT2D eigenvalue weighted by Crippen LogP contribution is -2.55. The minimum absolute atomic E-state index is 0.0300. The molecule has 0 aromatic rings. The quantitative estimate of drug-likeness (QED) is 0.266. The van der Waals surface area contributed by atoms with E-state index in [-0.39, 0.29) is 24.4 Å². The Bertz CT molecular complexity index is 307. The van der Waals surface area contributed by atoms with E-state index < -0.39 is 0 Å². The van der Waals surface area contributed by atoms with Gasteiger partial charge in [-0.3, -0.25) is 11.3 Å². The number of hydrazine groups is 1. The van der Waals surface area contributed by atoms with Gasteiger partial charge in [-0.2, -0.15) is 0 Å². The Hall–Kier alpha value is -0.240. The molecule has 4 atom stereocenters. The Morgan fingerprint density at radius 1 is 0.960 bits per heavy atom. The Kier molecular flexibility index (Phi) is 13.6. The van der Waals surface area contributed by atoms with E-state index in [2.05, 4.69) is 26.2 Å². The molecule has 0 radical (unpaired) electrons. The van der Waals surface area contributed by atoms with Crippen LogP contribution in [0.5, 0.6) is 0 Å². The summed E-state index contributed by atoms with van der Waals surface area (Å²) >= 11 is 0. The lowest BCUT2D eigenvalue weighted by atomic mass is 9.97. The molecule has 0 amide bonds. The van der Waals surface area contributed by atoms with Crippen molar-refractivity contribution in [3.05, 3.63) is 0 Å². The summed E-state index contributed by atoms with van der Waals surface area (Å²) in [6.45, 7) is 9.94. The molecule has 0 aromatic carbocycles. The van der Waals surface area contributed by atoms with Gasteiger partial charge in [-0.05, 0) is 19.3 Å². The first kappa shape index (κ1) is 22.8. The molecule has 2 unspecified atom stereocenters. The highest BCUT2D eigenvalue weighted by Crippen LogP contribution is 2.26. The summed E-state index contributed by atoms with van der Waals surface area (Å²) in [5.41, 5.74) is 2.73. The molecule has 0 bridgehead atoms. The van der Waals surface area contributed by atoms with Crippen molar-refractivity contribution >= 4 is 0 Å². The molecule has 1 saturated heterocycles. The van der Waals surface area contributed by atoms with Crippen LogP contribution in [0.25, 0.3) is 0 Å². The van der Waals surface area contributed by atoms with Gasteiger partial charge in [-0.25, -0.2) is 0 Å². The number of unbranched alkanes of at least 4 members (excludes halogenated alkanes) is 3. The summed E-state index contributed by atoms with van der Waals surface area (Å²) in [7, 11) is 0. The molecular weight excluding hydrogens is 320 g/mol. The van der Waals surface area contributed by atoms with Gasteiger partial charge >= 0.3 is 0 Å². The van der Waals surface area contributed by atoms with Crippen molar-refractivity contribution in [2.75, 3.05) is 33.0 Å². The molecule has 0 aromatic heterocycles. The van der Waals surface area contributed by atoms with Crippen LogP contribution >= 0.6 is 0 Å². The Morgan fingerprint density at radius 3 is 2.24 bits per heavy atom. The topological polar surface area (TPSA) is 75.0 Å². The first-order valence-corrected chi connectivity index (χ1v) is 10.2. The second kappa shape index (κ2) is 14.9. The third-order valence-corrected chi connectivity index (χ3v) is 4.50. The molecular formula is C19H40N2O4. The second-order valence-electron chi connectivity index (χ2n) is 6.82. The van der Waals surface area contributed by atoms with Crippen LogP contribution in [0.15, 0.2) is 0 Å². The Balaban J connectivity index is 2.67. The SMILES string of the molecule is CCCCOCC1O[C@@H](CNN)CC(OCCCC)[C@@H]1OCCCC. The lowest BCUT2D eigenvalue weighted by molar-refractivity contribution is -0.213. The smallest absolute Gasteiger partial charge is 0.112 e. The highest BCUT2D eigenvalue weighted by atomic mass is 16.6. The molecule has 1 rings (SSSR count). The van der Waals surface area contributed by atoms with Crippen molar-refractivity contribution in [2.45, 2.75) is 90.1 Å². The van der Waals surface area contributed by atoms with Crippen molar-refractivity contribution in [3.63, 3.8) is 0 Å². The van der Waals surface area contributed by atoms with Gasteiger partial charge in [-0.15, -0.1) is 0 Å². The minimum atomic E-state index is -0.104. The fraction of sp³-hybridized carbons (Fsp3) is 1.00. The number of nitrogens with one attached hydrogen (secondary N) is 1. The number of hydrogen-bond donors (Lipinski definition) is 2. The molecule has 1 heterocycles. The van der Waals surface area contributed by atoms with Gasteiger partial charge < -0.3 is 18.9 Å². The van der Waals surface area contributed by atoms with E-state index in [9.17, 15) is 0 Å². The molecule has 6 heteroatoms. The number of rotatable bonds is 15. The predicted octanol–water partition coefficient (Wildman–Crippen LogP) is 2.79. The Labute approximate surface area is 154 Å². The monoisotopic (exact) mass is 360 g/mol. The van der Waals surface area contributed by atoms with Crippen molar-refractivity contribution in [2.24, 2.45) is 5.84 Å². The highest BCUT2D eigenvalue weighted by molar-refractivity contribution is 4.88. The van der Waals surface area contributed by atoms with Crippen LogP contribution < -0.4 is 11.3 Å². The normalized spacial score (nSPS) is 26.9. The van der Waals surface area contributed by atoms with Crippen LogP contribution in [-0.4, -0.2) is 57.4 Å². The van der Waals surface area contributed by atoms with Gasteiger partial charge in [0.25, 0.3) is 0 Å². The van der Waals surface area contributed by atoms with Gasteiger partial charge in [-0.1, -0.05) is 40.0 Å². The van der Waals surface area contributed by atoms with E-state index in [4.69, 9.17) is 24.8 Å². The summed E-state index contributed by atoms with van der Waals surface area (Å²) in [6.07, 6.45) is 7.25. The van der Waals surface area contributed by atoms with Crippen LogP contribution in [0.3, 0.4) is 0 Å². The zero-order chi connectivity index (χ0) is 18.3. The zero-order valence-electron chi connectivity index (χ0n) is 16.5. The van der Waals surface area contributed by atoms with E-state index in [1.807, 2.05) is 0 Å². The van der Waals surface area contributed by atoms with Gasteiger partial charge in [0.1, 0.15) is 12.2 Å². The molecule has 25 heavy (non-hydrogen) atoms. The second-order valence-corrected chi connectivity index (χ2v) is 6.82. The van der Waals surface area contributed by atoms with Gasteiger partial charge in [0, 0.05) is 32.8 Å². The zero-order valence-corrected chi connectivity index (χ0v) is 16.5.